The number of nitrogens with two attached hydrogens (primary N) is 1. The molecule has 1 aliphatic rings. The lowest BCUT2D eigenvalue weighted by molar-refractivity contribution is -0.139. The average molecular weight is 324 g/mol. The summed E-state index contributed by atoms with van der Waals surface area (Å²) >= 11 is 0. The van der Waals surface area contributed by atoms with Gasteiger partial charge in [-0.15, -0.1) is 0 Å². The number of amides is 1. The fraction of sp³-hybridized carbons (Fsp3) is 0.188. The first kappa shape index (κ1) is 15.3. The summed E-state index contributed by atoms with van der Waals surface area (Å²) < 4.78 is 51.3. The van der Waals surface area contributed by atoms with Crippen LogP contribution < -0.4 is 11.1 Å². The van der Waals surface area contributed by atoms with Crippen molar-refractivity contribution < 1.29 is 22.4 Å². The van der Waals surface area contributed by atoms with Gasteiger partial charge in [-0.25, -0.2) is 4.39 Å². The maximum absolute atomic E-state index is 13.2. The molecule has 7 heteroatoms. The highest BCUT2D eigenvalue weighted by Crippen LogP contribution is 2.33. The van der Waals surface area contributed by atoms with Crippen molar-refractivity contribution in [2.45, 2.75) is 19.0 Å². The molecule has 3 nitrogen and oxygen atoms in total. The molecule has 0 atom stereocenters. The van der Waals surface area contributed by atoms with Gasteiger partial charge in [0.05, 0.1) is 11.1 Å². The SMILES string of the molecule is Nc1cc2c(cc1C(=O)Nc1ccc(F)c(C(F)(F)F)c1)CC2. The van der Waals surface area contributed by atoms with Gasteiger partial charge in [0.1, 0.15) is 5.82 Å². The molecule has 2 aromatic carbocycles. The predicted octanol–water partition coefficient (Wildman–Crippen LogP) is 3.78. The molecule has 0 aliphatic heterocycles. The van der Waals surface area contributed by atoms with Crippen LogP contribution in [0.3, 0.4) is 0 Å². The molecule has 0 unspecified atom stereocenters. The Morgan fingerprint density at radius 2 is 1.74 bits per heavy atom. The van der Waals surface area contributed by atoms with Crippen molar-refractivity contribution in [2.24, 2.45) is 0 Å². The zero-order valence-electron chi connectivity index (χ0n) is 11.8. The summed E-state index contributed by atoms with van der Waals surface area (Å²) in [5.41, 5.74) is 6.75. The molecule has 2 aromatic rings. The van der Waals surface area contributed by atoms with Crippen LogP contribution in [-0.2, 0) is 19.0 Å². The van der Waals surface area contributed by atoms with Gasteiger partial charge in [0.25, 0.3) is 5.91 Å². The van der Waals surface area contributed by atoms with Crippen LogP contribution >= 0.6 is 0 Å². The average Bonchev–Trinajstić information content (AvgIpc) is 2.43. The van der Waals surface area contributed by atoms with Gasteiger partial charge < -0.3 is 11.1 Å². The van der Waals surface area contributed by atoms with E-state index in [1.165, 1.54) is 0 Å². The number of benzene rings is 2. The molecule has 0 spiro atoms. The van der Waals surface area contributed by atoms with E-state index in [9.17, 15) is 22.4 Å². The Kier molecular flexibility index (Phi) is 3.50. The van der Waals surface area contributed by atoms with Gasteiger partial charge in [-0.05, 0) is 54.3 Å². The van der Waals surface area contributed by atoms with Gasteiger partial charge in [-0.2, -0.15) is 13.2 Å². The minimum Gasteiger partial charge on any atom is -0.398 e. The van der Waals surface area contributed by atoms with Gasteiger partial charge in [-0.1, -0.05) is 0 Å². The van der Waals surface area contributed by atoms with Crippen molar-refractivity contribution in [2.75, 3.05) is 11.1 Å². The number of halogens is 4. The highest BCUT2D eigenvalue weighted by atomic mass is 19.4. The van der Waals surface area contributed by atoms with Gasteiger partial charge in [-0.3, -0.25) is 4.79 Å². The fourth-order valence-corrected chi connectivity index (χ4v) is 2.48. The Morgan fingerprint density at radius 1 is 1.09 bits per heavy atom. The summed E-state index contributed by atoms with van der Waals surface area (Å²) in [6.45, 7) is 0. The normalized spacial score (nSPS) is 13.2. The topological polar surface area (TPSA) is 55.1 Å². The highest BCUT2D eigenvalue weighted by Gasteiger charge is 2.34. The van der Waals surface area contributed by atoms with Crippen molar-refractivity contribution in [3.8, 4) is 0 Å². The molecule has 0 bridgehead atoms. The van der Waals surface area contributed by atoms with E-state index in [4.69, 9.17) is 5.73 Å². The number of nitrogen functional groups attached to an aromatic ring is 1. The summed E-state index contributed by atoms with van der Waals surface area (Å²) in [5.74, 6) is -2.02. The number of aryl methyl sites for hydroxylation is 2. The van der Waals surface area contributed by atoms with E-state index in [-0.39, 0.29) is 16.9 Å². The first-order chi connectivity index (χ1) is 10.8. The quantitative estimate of drug-likeness (QED) is 0.652. The first-order valence-electron chi connectivity index (χ1n) is 6.85. The molecule has 0 radical (unpaired) electrons. The summed E-state index contributed by atoms with van der Waals surface area (Å²) in [6, 6.07) is 5.63. The summed E-state index contributed by atoms with van der Waals surface area (Å²) in [7, 11) is 0. The maximum atomic E-state index is 13.2. The summed E-state index contributed by atoms with van der Waals surface area (Å²) in [6.07, 6.45) is -3.10. The van der Waals surface area contributed by atoms with Gasteiger partial charge in [0, 0.05) is 11.4 Å². The van der Waals surface area contributed by atoms with Gasteiger partial charge >= 0.3 is 6.18 Å². The lowest BCUT2D eigenvalue weighted by atomic mass is 9.86. The highest BCUT2D eigenvalue weighted by molar-refractivity contribution is 6.08. The molecule has 0 saturated carbocycles. The number of alkyl halides is 3. The Hall–Kier alpha value is -2.57. The second-order valence-electron chi connectivity index (χ2n) is 5.35. The van der Waals surface area contributed by atoms with Crippen LogP contribution in [0.25, 0.3) is 0 Å². The zero-order valence-corrected chi connectivity index (χ0v) is 11.8. The Balaban J connectivity index is 1.88. The third kappa shape index (κ3) is 2.86. The summed E-state index contributed by atoms with van der Waals surface area (Å²) in [4.78, 5) is 12.2. The number of hydrogen-bond acceptors (Lipinski definition) is 2. The number of carbonyl (C=O) groups excluding carboxylic acids is 1. The van der Waals surface area contributed by atoms with Crippen LogP contribution in [0.2, 0.25) is 0 Å². The van der Waals surface area contributed by atoms with Crippen molar-refractivity contribution in [3.05, 3.63) is 58.4 Å². The molecular weight excluding hydrogens is 312 g/mol. The van der Waals surface area contributed by atoms with E-state index in [0.29, 0.717) is 12.1 Å². The van der Waals surface area contributed by atoms with E-state index < -0.39 is 23.5 Å². The molecule has 0 saturated heterocycles. The Bertz CT molecular complexity index is 799. The molecule has 0 fully saturated rings. The van der Waals surface area contributed by atoms with E-state index in [1.807, 2.05) is 0 Å². The fourth-order valence-electron chi connectivity index (χ4n) is 2.48. The van der Waals surface area contributed by atoms with Crippen LogP contribution in [0.4, 0.5) is 28.9 Å². The van der Waals surface area contributed by atoms with Crippen molar-refractivity contribution in [1.82, 2.24) is 0 Å². The first-order valence-corrected chi connectivity index (χ1v) is 6.85. The van der Waals surface area contributed by atoms with E-state index in [0.717, 1.165) is 30.0 Å². The molecule has 1 aliphatic carbocycles. The summed E-state index contributed by atoms with van der Waals surface area (Å²) in [5, 5.41) is 2.32. The second kappa shape index (κ2) is 5.26. The molecule has 0 aromatic heterocycles. The van der Waals surface area contributed by atoms with E-state index in [2.05, 4.69) is 5.32 Å². The van der Waals surface area contributed by atoms with Crippen LogP contribution in [0.1, 0.15) is 27.0 Å². The van der Waals surface area contributed by atoms with Crippen molar-refractivity contribution >= 4 is 17.3 Å². The second-order valence-corrected chi connectivity index (χ2v) is 5.35. The monoisotopic (exact) mass is 324 g/mol. The van der Waals surface area contributed by atoms with Gasteiger partial charge in [0.15, 0.2) is 0 Å². The van der Waals surface area contributed by atoms with Crippen molar-refractivity contribution in [3.63, 3.8) is 0 Å². The number of fused-ring (bicyclic) bond motifs is 1. The van der Waals surface area contributed by atoms with Crippen LogP contribution in [-0.4, -0.2) is 5.91 Å². The largest absolute Gasteiger partial charge is 0.419 e. The maximum Gasteiger partial charge on any atom is 0.419 e. The molecule has 120 valence electrons. The van der Waals surface area contributed by atoms with E-state index in [1.54, 1.807) is 12.1 Å². The molecule has 0 heterocycles. The lowest BCUT2D eigenvalue weighted by Gasteiger charge is -2.21. The van der Waals surface area contributed by atoms with Crippen LogP contribution in [0.5, 0.6) is 0 Å². The Labute approximate surface area is 129 Å². The number of rotatable bonds is 2. The van der Waals surface area contributed by atoms with Crippen LogP contribution in [0.15, 0.2) is 30.3 Å². The number of anilines is 2. The molecule has 1 amide bonds. The third-order valence-corrected chi connectivity index (χ3v) is 3.81. The molecule has 3 rings (SSSR count). The minimum absolute atomic E-state index is 0.147. The van der Waals surface area contributed by atoms with Crippen molar-refractivity contribution in [1.29, 1.82) is 0 Å². The van der Waals surface area contributed by atoms with Gasteiger partial charge in [0.2, 0.25) is 0 Å². The molecule has 23 heavy (non-hydrogen) atoms. The third-order valence-electron chi connectivity index (χ3n) is 3.81. The van der Waals surface area contributed by atoms with E-state index >= 15 is 0 Å². The molecular formula is C16H12F4N2O. The van der Waals surface area contributed by atoms with Crippen LogP contribution in [0, 0.1) is 5.82 Å². The lowest BCUT2D eigenvalue weighted by Crippen LogP contribution is -2.18. The molecule has 3 N–H and O–H groups in total. The Morgan fingerprint density at radius 3 is 2.35 bits per heavy atom. The zero-order chi connectivity index (χ0) is 16.8. The smallest absolute Gasteiger partial charge is 0.398 e. The number of carbonyl (C=O) groups is 1. The number of hydrogen-bond donors (Lipinski definition) is 2. The predicted molar refractivity (Wildman–Crippen MR) is 77.6 cm³/mol. The number of nitrogens with one attached hydrogen (secondary N) is 1. The standard InChI is InChI=1S/C16H12F4N2O/c17-13-4-3-10(7-12(13)16(18,19)20)22-15(23)11-5-8-1-2-9(8)6-14(11)21/h3-7H,1-2,21H2,(H,22,23). The minimum atomic E-state index is -4.83.